The quantitative estimate of drug-likeness (QED) is 0.658. The van der Waals surface area contributed by atoms with Gasteiger partial charge >= 0.3 is 0 Å². The van der Waals surface area contributed by atoms with E-state index in [2.05, 4.69) is 0 Å². The maximum Gasteiger partial charge on any atom is 0.275 e. The van der Waals surface area contributed by atoms with Crippen molar-refractivity contribution in [1.82, 2.24) is 4.57 Å². The van der Waals surface area contributed by atoms with Crippen molar-refractivity contribution in [3.63, 3.8) is 0 Å². The molecule has 0 unspecified atom stereocenters. The van der Waals surface area contributed by atoms with Gasteiger partial charge in [-0.1, -0.05) is 35.3 Å². The molecule has 0 radical (unpaired) electrons. The molecular formula is C20H14Cl2N4O3. The number of halogens is 2. The van der Waals surface area contributed by atoms with Crippen LogP contribution >= 0.6 is 23.2 Å². The van der Waals surface area contributed by atoms with E-state index in [0.29, 0.717) is 16.3 Å². The van der Waals surface area contributed by atoms with E-state index >= 15 is 0 Å². The highest BCUT2D eigenvalue weighted by Crippen LogP contribution is 2.33. The van der Waals surface area contributed by atoms with E-state index in [1.54, 1.807) is 24.3 Å². The maximum absolute atomic E-state index is 13.1. The molecular weight excluding hydrogens is 415 g/mol. The molecule has 1 amide bonds. The minimum absolute atomic E-state index is 0.0477. The summed E-state index contributed by atoms with van der Waals surface area (Å²) in [5.41, 5.74) is 11.2. The smallest absolute Gasteiger partial charge is 0.275 e. The monoisotopic (exact) mass is 428 g/mol. The number of hydrogen-bond acceptors (Lipinski definition) is 5. The average Bonchev–Trinajstić information content (AvgIpc) is 2.69. The number of nitrogens with two attached hydrogens (primary N) is 2. The molecule has 4 N–H and O–H groups in total. The van der Waals surface area contributed by atoms with E-state index in [4.69, 9.17) is 39.4 Å². The van der Waals surface area contributed by atoms with Gasteiger partial charge in [0.1, 0.15) is 23.2 Å². The van der Waals surface area contributed by atoms with Gasteiger partial charge in [0, 0.05) is 10.6 Å². The lowest BCUT2D eigenvalue weighted by Crippen LogP contribution is -2.30. The summed E-state index contributed by atoms with van der Waals surface area (Å²) in [6.07, 6.45) is 0. The molecule has 1 heterocycles. The van der Waals surface area contributed by atoms with Gasteiger partial charge in [0.05, 0.1) is 23.4 Å². The fourth-order valence-electron chi connectivity index (χ4n) is 2.99. The molecule has 0 bridgehead atoms. The van der Waals surface area contributed by atoms with E-state index in [9.17, 15) is 14.9 Å². The molecule has 0 aliphatic carbocycles. The van der Waals surface area contributed by atoms with Crippen LogP contribution in [0.3, 0.4) is 0 Å². The lowest BCUT2D eigenvalue weighted by molar-refractivity contribution is 0.100. The van der Waals surface area contributed by atoms with Crippen LogP contribution in [0, 0.1) is 11.3 Å². The van der Waals surface area contributed by atoms with Crippen molar-refractivity contribution in [2.45, 2.75) is 0 Å². The third-order valence-electron chi connectivity index (χ3n) is 4.30. The molecule has 1 aromatic heterocycles. The Morgan fingerprint density at radius 2 is 1.83 bits per heavy atom. The van der Waals surface area contributed by atoms with Gasteiger partial charge in [0.2, 0.25) is 0 Å². The molecule has 146 valence electrons. The lowest BCUT2D eigenvalue weighted by atomic mass is 9.95. The van der Waals surface area contributed by atoms with Crippen molar-refractivity contribution in [3.05, 3.63) is 74.0 Å². The summed E-state index contributed by atoms with van der Waals surface area (Å²) in [5, 5.41) is 10.2. The molecule has 0 saturated carbocycles. The number of nitrogens with zero attached hydrogens (tertiary/aromatic N) is 2. The van der Waals surface area contributed by atoms with Crippen LogP contribution in [-0.2, 0) is 0 Å². The number of carbonyl (C=O) groups excluding carboxylic acids is 1. The lowest BCUT2D eigenvalue weighted by Gasteiger charge is -2.18. The van der Waals surface area contributed by atoms with E-state index in [1.807, 2.05) is 6.07 Å². The van der Waals surface area contributed by atoms with Gasteiger partial charge in [0.15, 0.2) is 0 Å². The fourth-order valence-corrected chi connectivity index (χ4v) is 3.49. The molecule has 3 rings (SSSR count). The van der Waals surface area contributed by atoms with E-state index in [0.717, 1.165) is 4.57 Å². The van der Waals surface area contributed by atoms with Crippen LogP contribution in [0.2, 0.25) is 10.0 Å². The first kappa shape index (κ1) is 20.3. The number of amides is 1. The second kappa shape index (κ2) is 7.87. The number of nitrogen functional groups attached to an aromatic ring is 1. The fraction of sp³-hybridized carbons (Fsp3) is 0.0500. The summed E-state index contributed by atoms with van der Waals surface area (Å²) in [5.74, 6) is -0.581. The second-order valence-corrected chi connectivity index (χ2v) is 6.79. The molecule has 29 heavy (non-hydrogen) atoms. The zero-order valence-electron chi connectivity index (χ0n) is 15.1. The molecule has 0 fully saturated rings. The zero-order chi connectivity index (χ0) is 21.3. The van der Waals surface area contributed by atoms with Crippen LogP contribution in [0.1, 0.15) is 15.9 Å². The third-order valence-corrected chi connectivity index (χ3v) is 4.84. The maximum atomic E-state index is 13.1. The van der Waals surface area contributed by atoms with Gasteiger partial charge in [-0.05, 0) is 35.9 Å². The van der Waals surface area contributed by atoms with Gasteiger partial charge in [-0.15, -0.1) is 0 Å². The third kappa shape index (κ3) is 3.51. The molecule has 2 aromatic carbocycles. The van der Waals surface area contributed by atoms with Crippen LogP contribution in [0.5, 0.6) is 5.75 Å². The van der Waals surface area contributed by atoms with Crippen molar-refractivity contribution in [2.24, 2.45) is 5.73 Å². The summed E-state index contributed by atoms with van der Waals surface area (Å²) < 4.78 is 6.09. The molecule has 0 aliphatic rings. The summed E-state index contributed by atoms with van der Waals surface area (Å²) >= 11 is 12.1. The number of hydrogen-bond donors (Lipinski definition) is 2. The minimum atomic E-state index is -0.899. The van der Waals surface area contributed by atoms with Crippen molar-refractivity contribution in [2.75, 3.05) is 12.8 Å². The van der Waals surface area contributed by atoms with Crippen LogP contribution in [0.15, 0.2) is 47.3 Å². The minimum Gasteiger partial charge on any atom is -0.497 e. The van der Waals surface area contributed by atoms with Crippen LogP contribution < -0.4 is 21.8 Å². The topological polar surface area (TPSA) is 124 Å². The Kier molecular flexibility index (Phi) is 5.50. The molecule has 3 aromatic rings. The second-order valence-electron chi connectivity index (χ2n) is 5.95. The number of carbonyl (C=O) groups is 1. The Morgan fingerprint density at radius 1 is 1.17 bits per heavy atom. The Hall–Kier alpha value is -3.47. The van der Waals surface area contributed by atoms with Gasteiger partial charge in [-0.3, -0.25) is 14.2 Å². The van der Waals surface area contributed by atoms with E-state index in [-0.39, 0.29) is 33.2 Å². The number of anilines is 1. The first-order valence-electron chi connectivity index (χ1n) is 8.18. The van der Waals surface area contributed by atoms with Gasteiger partial charge < -0.3 is 16.2 Å². The molecule has 0 aliphatic heterocycles. The standard InChI is InChI=1S/C20H14Cl2N4O3/c1-29-12-5-2-10(3-6-12)16-13(9-23)20(28)26(18(24)17(16)19(25)27)15-7-4-11(21)8-14(15)22/h2-8H,24H2,1H3,(H2,25,27). The molecule has 0 spiro atoms. The number of nitriles is 1. The predicted molar refractivity (Wildman–Crippen MR) is 112 cm³/mol. The van der Waals surface area contributed by atoms with Gasteiger partial charge in [0.25, 0.3) is 11.5 Å². The summed E-state index contributed by atoms with van der Waals surface area (Å²) in [4.78, 5) is 25.4. The molecule has 9 heteroatoms. The molecule has 7 nitrogen and oxygen atoms in total. The number of benzene rings is 2. The van der Waals surface area contributed by atoms with Crippen LogP contribution in [0.25, 0.3) is 16.8 Å². The van der Waals surface area contributed by atoms with Crippen LogP contribution in [-0.4, -0.2) is 17.6 Å². The number of ether oxygens (including phenoxy) is 1. The zero-order valence-corrected chi connectivity index (χ0v) is 16.6. The first-order valence-corrected chi connectivity index (χ1v) is 8.94. The Bertz CT molecular complexity index is 1230. The first-order chi connectivity index (χ1) is 13.8. The summed E-state index contributed by atoms with van der Waals surface area (Å²) in [6.45, 7) is 0. The SMILES string of the molecule is COc1ccc(-c2c(C(N)=O)c(N)n(-c3ccc(Cl)cc3Cl)c(=O)c2C#N)cc1. The highest BCUT2D eigenvalue weighted by Gasteiger charge is 2.26. The normalized spacial score (nSPS) is 10.4. The largest absolute Gasteiger partial charge is 0.497 e. The number of primary amides is 1. The van der Waals surface area contributed by atoms with Crippen molar-refractivity contribution >= 4 is 34.9 Å². The molecule has 0 atom stereocenters. The highest BCUT2D eigenvalue weighted by atomic mass is 35.5. The Labute approximate surface area is 175 Å². The highest BCUT2D eigenvalue weighted by molar-refractivity contribution is 6.35. The average molecular weight is 429 g/mol. The van der Waals surface area contributed by atoms with Gasteiger partial charge in [-0.2, -0.15) is 5.26 Å². The number of aromatic nitrogens is 1. The van der Waals surface area contributed by atoms with E-state index in [1.165, 1.54) is 25.3 Å². The summed E-state index contributed by atoms with van der Waals surface area (Å²) in [6, 6.07) is 12.7. The van der Waals surface area contributed by atoms with Gasteiger partial charge in [-0.25, -0.2) is 0 Å². The Morgan fingerprint density at radius 3 is 2.34 bits per heavy atom. The van der Waals surface area contributed by atoms with Crippen LogP contribution in [0.4, 0.5) is 5.82 Å². The number of pyridine rings is 1. The molecule has 0 saturated heterocycles. The predicted octanol–water partition coefficient (Wildman–Crippen LogP) is 3.37. The Balaban J connectivity index is 2.44. The van der Waals surface area contributed by atoms with E-state index < -0.39 is 11.5 Å². The van der Waals surface area contributed by atoms with Crippen molar-refractivity contribution in [3.8, 4) is 28.6 Å². The van der Waals surface area contributed by atoms with Crippen molar-refractivity contribution < 1.29 is 9.53 Å². The summed E-state index contributed by atoms with van der Waals surface area (Å²) in [7, 11) is 1.50. The number of methoxy groups -OCH3 is 1. The van der Waals surface area contributed by atoms with Crippen molar-refractivity contribution in [1.29, 1.82) is 5.26 Å². The number of rotatable bonds is 4.